The fourth-order valence-electron chi connectivity index (χ4n) is 2.01. The fraction of sp³-hybridized carbons (Fsp3) is 0.250. The molecule has 0 aliphatic heterocycles. The van der Waals surface area contributed by atoms with Crippen LogP contribution in [0.2, 0.25) is 0 Å². The van der Waals surface area contributed by atoms with Crippen LogP contribution >= 0.6 is 12.4 Å². The summed E-state index contributed by atoms with van der Waals surface area (Å²) < 4.78 is 5.19. The number of nitrogens with zero attached hydrogens (tertiary/aromatic N) is 1. The van der Waals surface area contributed by atoms with Crippen LogP contribution in [0.1, 0.15) is 34.6 Å². The number of nitrogens with one attached hydrogen (secondary N) is 1. The normalized spacial score (nSPS) is 11.2. The zero-order valence-corrected chi connectivity index (χ0v) is 13.4. The Labute approximate surface area is 136 Å². The van der Waals surface area contributed by atoms with E-state index in [2.05, 4.69) is 10.3 Å². The third-order valence-electron chi connectivity index (χ3n) is 3.23. The molecule has 0 fully saturated rings. The SMILES string of the molecule is COc1cccc(C(C)NC(=O)c2ccnc(CN)c2)c1.Cl. The Bertz CT molecular complexity index is 634. The number of pyridine rings is 1. The number of aromatic nitrogens is 1. The molecule has 0 radical (unpaired) electrons. The van der Waals surface area contributed by atoms with Crippen molar-refractivity contribution in [2.45, 2.75) is 19.5 Å². The summed E-state index contributed by atoms with van der Waals surface area (Å²) in [7, 11) is 1.62. The first-order valence-electron chi connectivity index (χ1n) is 6.74. The minimum Gasteiger partial charge on any atom is -0.497 e. The number of halogens is 1. The van der Waals surface area contributed by atoms with Gasteiger partial charge in [0.05, 0.1) is 18.8 Å². The van der Waals surface area contributed by atoms with Crippen LogP contribution in [-0.4, -0.2) is 18.0 Å². The lowest BCUT2D eigenvalue weighted by molar-refractivity contribution is 0.0939. The van der Waals surface area contributed by atoms with Crippen LogP contribution in [0.15, 0.2) is 42.6 Å². The maximum atomic E-state index is 12.2. The van der Waals surface area contributed by atoms with Crippen molar-refractivity contribution in [3.63, 3.8) is 0 Å². The van der Waals surface area contributed by atoms with Crippen LogP contribution in [-0.2, 0) is 6.54 Å². The number of amides is 1. The summed E-state index contributed by atoms with van der Waals surface area (Å²) in [5.41, 5.74) is 7.76. The van der Waals surface area contributed by atoms with E-state index in [1.807, 2.05) is 31.2 Å². The Balaban J connectivity index is 0.00000242. The minimum atomic E-state index is -0.151. The number of carbonyl (C=O) groups is 1. The molecule has 6 heteroatoms. The van der Waals surface area contributed by atoms with Gasteiger partial charge in [0, 0.05) is 18.3 Å². The molecule has 0 aliphatic rings. The van der Waals surface area contributed by atoms with E-state index in [4.69, 9.17) is 10.5 Å². The number of rotatable bonds is 5. The Morgan fingerprint density at radius 2 is 2.14 bits per heavy atom. The van der Waals surface area contributed by atoms with Crippen LogP contribution in [0.5, 0.6) is 5.75 Å². The minimum absolute atomic E-state index is 0. The summed E-state index contributed by atoms with van der Waals surface area (Å²) in [6.07, 6.45) is 1.59. The average molecular weight is 322 g/mol. The summed E-state index contributed by atoms with van der Waals surface area (Å²) in [5, 5.41) is 2.95. The molecule has 0 saturated heterocycles. The smallest absolute Gasteiger partial charge is 0.251 e. The monoisotopic (exact) mass is 321 g/mol. The van der Waals surface area contributed by atoms with E-state index < -0.39 is 0 Å². The highest BCUT2D eigenvalue weighted by Gasteiger charge is 2.12. The molecular weight excluding hydrogens is 302 g/mol. The summed E-state index contributed by atoms with van der Waals surface area (Å²) in [6, 6.07) is 10.9. The van der Waals surface area contributed by atoms with E-state index in [1.54, 1.807) is 25.4 Å². The van der Waals surface area contributed by atoms with E-state index in [1.165, 1.54) is 0 Å². The molecule has 118 valence electrons. The van der Waals surface area contributed by atoms with E-state index in [9.17, 15) is 4.79 Å². The number of benzene rings is 1. The van der Waals surface area contributed by atoms with Gasteiger partial charge in [-0.15, -0.1) is 12.4 Å². The van der Waals surface area contributed by atoms with Gasteiger partial charge in [-0.25, -0.2) is 0 Å². The van der Waals surface area contributed by atoms with Gasteiger partial charge in [0.25, 0.3) is 5.91 Å². The molecule has 22 heavy (non-hydrogen) atoms. The second-order valence-corrected chi connectivity index (χ2v) is 4.71. The first-order valence-corrected chi connectivity index (χ1v) is 6.74. The molecule has 2 aromatic rings. The zero-order valence-electron chi connectivity index (χ0n) is 12.6. The van der Waals surface area contributed by atoms with Gasteiger partial charge in [-0.1, -0.05) is 12.1 Å². The molecule has 2 rings (SSSR count). The van der Waals surface area contributed by atoms with Crippen molar-refractivity contribution in [1.82, 2.24) is 10.3 Å². The Kier molecular flexibility index (Phi) is 6.82. The molecule has 0 bridgehead atoms. The lowest BCUT2D eigenvalue weighted by Crippen LogP contribution is -2.26. The van der Waals surface area contributed by atoms with Crippen molar-refractivity contribution >= 4 is 18.3 Å². The van der Waals surface area contributed by atoms with Gasteiger partial charge >= 0.3 is 0 Å². The molecule has 1 amide bonds. The largest absolute Gasteiger partial charge is 0.497 e. The van der Waals surface area contributed by atoms with Crippen molar-refractivity contribution in [3.05, 3.63) is 59.4 Å². The van der Waals surface area contributed by atoms with Gasteiger partial charge in [0.15, 0.2) is 0 Å². The molecule has 5 nitrogen and oxygen atoms in total. The third-order valence-corrected chi connectivity index (χ3v) is 3.23. The second kappa shape index (κ2) is 8.36. The number of ether oxygens (including phenoxy) is 1. The van der Waals surface area contributed by atoms with Crippen molar-refractivity contribution in [2.75, 3.05) is 7.11 Å². The lowest BCUT2D eigenvalue weighted by Gasteiger charge is -2.15. The first-order chi connectivity index (χ1) is 10.1. The maximum absolute atomic E-state index is 12.2. The van der Waals surface area contributed by atoms with Gasteiger partial charge in [-0.05, 0) is 36.8 Å². The second-order valence-electron chi connectivity index (χ2n) is 4.71. The topological polar surface area (TPSA) is 77.2 Å². The molecule has 1 aromatic heterocycles. The van der Waals surface area contributed by atoms with Crippen LogP contribution in [0.4, 0.5) is 0 Å². The average Bonchev–Trinajstić information content (AvgIpc) is 2.54. The Hall–Kier alpha value is -2.11. The quantitative estimate of drug-likeness (QED) is 0.887. The van der Waals surface area contributed by atoms with E-state index >= 15 is 0 Å². The number of hydrogen-bond donors (Lipinski definition) is 2. The third kappa shape index (κ3) is 4.44. The molecule has 0 spiro atoms. The molecule has 1 atom stereocenters. The number of carbonyl (C=O) groups excluding carboxylic acids is 1. The summed E-state index contributed by atoms with van der Waals surface area (Å²) >= 11 is 0. The zero-order chi connectivity index (χ0) is 15.2. The molecule has 1 heterocycles. The Morgan fingerprint density at radius 1 is 1.36 bits per heavy atom. The highest BCUT2D eigenvalue weighted by atomic mass is 35.5. The summed E-state index contributed by atoms with van der Waals surface area (Å²) in [4.78, 5) is 16.3. The molecular formula is C16H20ClN3O2. The molecule has 3 N–H and O–H groups in total. The predicted molar refractivity (Wildman–Crippen MR) is 88.3 cm³/mol. The van der Waals surface area contributed by atoms with E-state index in [0.29, 0.717) is 17.8 Å². The van der Waals surface area contributed by atoms with E-state index in [0.717, 1.165) is 11.3 Å². The van der Waals surface area contributed by atoms with Crippen molar-refractivity contribution in [1.29, 1.82) is 0 Å². The van der Waals surface area contributed by atoms with Gasteiger partial charge in [0.1, 0.15) is 5.75 Å². The molecule has 1 unspecified atom stereocenters. The summed E-state index contributed by atoms with van der Waals surface area (Å²) in [5.74, 6) is 0.616. The Morgan fingerprint density at radius 3 is 2.82 bits per heavy atom. The highest BCUT2D eigenvalue weighted by molar-refractivity contribution is 5.94. The van der Waals surface area contributed by atoms with Gasteiger partial charge < -0.3 is 15.8 Å². The number of hydrogen-bond acceptors (Lipinski definition) is 4. The molecule has 1 aromatic carbocycles. The number of nitrogens with two attached hydrogens (primary N) is 1. The highest BCUT2D eigenvalue weighted by Crippen LogP contribution is 2.19. The lowest BCUT2D eigenvalue weighted by atomic mass is 10.1. The standard InChI is InChI=1S/C16H19N3O2.ClH/c1-11(12-4-3-5-15(9-12)21-2)19-16(20)13-6-7-18-14(8-13)10-17;/h3-9,11H,10,17H2,1-2H3,(H,19,20);1H. The molecule has 0 aliphatic carbocycles. The van der Waals surface area contributed by atoms with Crippen LogP contribution < -0.4 is 15.8 Å². The summed E-state index contributed by atoms with van der Waals surface area (Å²) in [6.45, 7) is 2.24. The van der Waals surface area contributed by atoms with Gasteiger partial charge in [-0.3, -0.25) is 9.78 Å². The predicted octanol–water partition coefficient (Wildman–Crippen LogP) is 2.46. The first kappa shape index (κ1) is 17.9. The maximum Gasteiger partial charge on any atom is 0.251 e. The fourth-order valence-corrected chi connectivity index (χ4v) is 2.01. The number of methoxy groups -OCH3 is 1. The van der Waals surface area contributed by atoms with Crippen LogP contribution in [0.25, 0.3) is 0 Å². The van der Waals surface area contributed by atoms with E-state index in [-0.39, 0.29) is 24.4 Å². The van der Waals surface area contributed by atoms with Crippen molar-refractivity contribution in [2.24, 2.45) is 5.73 Å². The van der Waals surface area contributed by atoms with Gasteiger partial charge in [0.2, 0.25) is 0 Å². The van der Waals surface area contributed by atoms with Crippen LogP contribution in [0.3, 0.4) is 0 Å². The molecule has 0 saturated carbocycles. The van der Waals surface area contributed by atoms with Crippen molar-refractivity contribution in [3.8, 4) is 5.75 Å². The van der Waals surface area contributed by atoms with Crippen molar-refractivity contribution < 1.29 is 9.53 Å². The van der Waals surface area contributed by atoms with Gasteiger partial charge in [-0.2, -0.15) is 0 Å². The van der Waals surface area contributed by atoms with Crippen LogP contribution in [0, 0.1) is 0 Å².